The fourth-order valence-corrected chi connectivity index (χ4v) is 2.47. The molecular formula is C13H20N4O3. The van der Waals surface area contributed by atoms with Gasteiger partial charge in [0.2, 0.25) is 0 Å². The van der Waals surface area contributed by atoms with Crippen LogP contribution < -0.4 is 10.6 Å². The molecule has 1 aromatic heterocycles. The zero-order valence-electron chi connectivity index (χ0n) is 11.5. The highest BCUT2D eigenvalue weighted by atomic mass is 16.4. The largest absolute Gasteiger partial charge is 0.481 e. The topological polar surface area (TPSA) is 96.3 Å². The van der Waals surface area contributed by atoms with Gasteiger partial charge in [-0.05, 0) is 31.7 Å². The van der Waals surface area contributed by atoms with Crippen molar-refractivity contribution in [2.24, 2.45) is 13.0 Å². The summed E-state index contributed by atoms with van der Waals surface area (Å²) in [6.45, 7) is 0.423. The predicted octanol–water partition coefficient (Wildman–Crippen LogP) is 0.863. The van der Waals surface area contributed by atoms with Crippen molar-refractivity contribution >= 4 is 12.0 Å². The minimum Gasteiger partial charge on any atom is -0.481 e. The van der Waals surface area contributed by atoms with Gasteiger partial charge in [-0.2, -0.15) is 5.10 Å². The molecule has 110 valence electrons. The molecule has 20 heavy (non-hydrogen) atoms. The summed E-state index contributed by atoms with van der Waals surface area (Å²) in [5.41, 5.74) is 0.926. The maximum atomic E-state index is 11.8. The number of nitrogens with zero attached hydrogens (tertiary/aromatic N) is 2. The lowest BCUT2D eigenvalue weighted by Gasteiger charge is -2.26. The quantitative estimate of drug-likeness (QED) is 0.762. The van der Waals surface area contributed by atoms with Gasteiger partial charge in [-0.25, -0.2) is 4.79 Å². The third kappa shape index (κ3) is 3.72. The van der Waals surface area contributed by atoms with Crippen molar-refractivity contribution in [3.8, 4) is 0 Å². The number of urea groups is 1. The summed E-state index contributed by atoms with van der Waals surface area (Å²) in [6, 6.07) is 1.69. The summed E-state index contributed by atoms with van der Waals surface area (Å²) in [7, 11) is 1.82. The predicted molar refractivity (Wildman–Crippen MR) is 72.0 cm³/mol. The number of carbonyl (C=O) groups is 2. The lowest BCUT2D eigenvalue weighted by Crippen LogP contribution is -2.44. The van der Waals surface area contributed by atoms with E-state index in [9.17, 15) is 9.59 Å². The van der Waals surface area contributed by atoms with Crippen molar-refractivity contribution < 1.29 is 14.7 Å². The summed E-state index contributed by atoms with van der Waals surface area (Å²) in [6.07, 6.45) is 4.37. The van der Waals surface area contributed by atoms with Gasteiger partial charge in [0.05, 0.1) is 18.2 Å². The normalized spacial score (nSPS) is 22.2. The van der Waals surface area contributed by atoms with Crippen molar-refractivity contribution in [1.82, 2.24) is 20.4 Å². The highest BCUT2D eigenvalue weighted by Gasteiger charge is 2.26. The molecule has 0 bridgehead atoms. The molecule has 2 rings (SSSR count). The third-order valence-corrected chi connectivity index (χ3v) is 3.76. The van der Waals surface area contributed by atoms with Gasteiger partial charge in [0.25, 0.3) is 0 Å². The maximum absolute atomic E-state index is 11.8. The third-order valence-electron chi connectivity index (χ3n) is 3.76. The van der Waals surface area contributed by atoms with E-state index in [1.165, 1.54) is 0 Å². The van der Waals surface area contributed by atoms with Crippen molar-refractivity contribution in [3.63, 3.8) is 0 Å². The highest BCUT2D eigenvalue weighted by molar-refractivity contribution is 5.74. The van der Waals surface area contributed by atoms with Crippen LogP contribution in [0.5, 0.6) is 0 Å². The highest BCUT2D eigenvalue weighted by Crippen LogP contribution is 2.24. The standard InChI is InChI=1S/C13H20N4O3/c1-17-11(6-7-15-17)8-14-13(20)16-10-4-2-9(3-5-10)12(18)19/h6-7,9-10H,2-5,8H2,1H3,(H,18,19)(H2,14,16,20). The number of hydrogen-bond donors (Lipinski definition) is 3. The van der Waals surface area contributed by atoms with Crippen LogP contribution in [0.2, 0.25) is 0 Å². The smallest absolute Gasteiger partial charge is 0.315 e. The zero-order valence-corrected chi connectivity index (χ0v) is 11.5. The molecule has 1 saturated carbocycles. The van der Waals surface area contributed by atoms with Crippen LogP contribution >= 0.6 is 0 Å². The number of rotatable bonds is 4. The van der Waals surface area contributed by atoms with E-state index < -0.39 is 5.97 Å². The van der Waals surface area contributed by atoms with Crippen LogP contribution in [0, 0.1) is 5.92 Å². The van der Waals surface area contributed by atoms with Crippen molar-refractivity contribution in [3.05, 3.63) is 18.0 Å². The number of aryl methyl sites for hydroxylation is 1. The summed E-state index contributed by atoms with van der Waals surface area (Å²) in [5.74, 6) is -0.991. The Morgan fingerprint density at radius 3 is 2.65 bits per heavy atom. The van der Waals surface area contributed by atoms with Crippen LogP contribution in [0.25, 0.3) is 0 Å². The van der Waals surface area contributed by atoms with Gasteiger partial charge in [-0.1, -0.05) is 0 Å². The first kappa shape index (κ1) is 14.4. The molecule has 0 aliphatic heterocycles. The molecule has 7 heteroatoms. The molecule has 2 amide bonds. The number of aromatic nitrogens is 2. The summed E-state index contributed by atoms with van der Waals surface area (Å²) >= 11 is 0. The Bertz CT molecular complexity index is 478. The number of carbonyl (C=O) groups excluding carboxylic acids is 1. The first-order valence-corrected chi connectivity index (χ1v) is 6.80. The minimum atomic E-state index is -0.732. The number of carboxylic acid groups (broad SMARTS) is 1. The minimum absolute atomic E-state index is 0.0668. The Hall–Kier alpha value is -2.05. The van der Waals surface area contributed by atoms with Gasteiger partial charge < -0.3 is 15.7 Å². The van der Waals surface area contributed by atoms with E-state index >= 15 is 0 Å². The molecule has 1 fully saturated rings. The molecule has 0 radical (unpaired) electrons. The number of carboxylic acids is 1. The molecule has 1 aliphatic carbocycles. The van der Waals surface area contributed by atoms with Crippen LogP contribution in [0.3, 0.4) is 0 Å². The molecule has 3 N–H and O–H groups in total. The summed E-state index contributed by atoms with van der Waals surface area (Å²) in [5, 5.41) is 18.6. The lowest BCUT2D eigenvalue weighted by molar-refractivity contribution is -0.142. The van der Waals surface area contributed by atoms with Crippen LogP contribution in [0.15, 0.2) is 12.3 Å². The number of hydrogen-bond acceptors (Lipinski definition) is 3. The van der Waals surface area contributed by atoms with Gasteiger partial charge in [0, 0.05) is 19.3 Å². The summed E-state index contributed by atoms with van der Waals surface area (Å²) in [4.78, 5) is 22.6. The molecule has 0 spiro atoms. The van der Waals surface area contributed by atoms with E-state index in [2.05, 4.69) is 15.7 Å². The van der Waals surface area contributed by atoms with E-state index in [0.717, 1.165) is 18.5 Å². The first-order chi connectivity index (χ1) is 9.56. The van der Waals surface area contributed by atoms with E-state index in [4.69, 9.17) is 5.11 Å². The Morgan fingerprint density at radius 1 is 1.40 bits per heavy atom. The van der Waals surface area contributed by atoms with Crippen LogP contribution in [0.1, 0.15) is 31.4 Å². The monoisotopic (exact) mass is 280 g/mol. The average Bonchev–Trinajstić information content (AvgIpc) is 2.82. The molecule has 1 heterocycles. The lowest BCUT2D eigenvalue weighted by atomic mass is 9.86. The second kappa shape index (κ2) is 6.40. The Labute approximate surface area is 117 Å². The van der Waals surface area contributed by atoms with Crippen molar-refractivity contribution in [2.45, 2.75) is 38.3 Å². The molecule has 0 aromatic carbocycles. The fourth-order valence-electron chi connectivity index (χ4n) is 2.47. The molecule has 0 saturated heterocycles. The Kier molecular flexibility index (Phi) is 4.60. The SMILES string of the molecule is Cn1nccc1CNC(=O)NC1CCC(C(=O)O)CC1. The maximum Gasteiger partial charge on any atom is 0.315 e. The number of aliphatic carboxylic acids is 1. The van der Waals surface area contributed by atoms with Gasteiger partial charge in [0.1, 0.15) is 0 Å². The van der Waals surface area contributed by atoms with Crippen LogP contribution in [-0.4, -0.2) is 32.9 Å². The fraction of sp³-hybridized carbons (Fsp3) is 0.615. The zero-order chi connectivity index (χ0) is 14.5. The molecule has 1 aromatic rings. The van der Waals surface area contributed by atoms with Gasteiger partial charge in [0.15, 0.2) is 0 Å². The van der Waals surface area contributed by atoms with E-state index in [1.807, 2.05) is 13.1 Å². The average molecular weight is 280 g/mol. The molecule has 0 atom stereocenters. The molecule has 1 aliphatic rings. The van der Waals surface area contributed by atoms with E-state index in [1.54, 1.807) is 10.9 Å². The van der Waals surface area contributed by atoms with E-state index in [-0.39, 0.29) is 18.0 Å². The van der Waals surface area contributed by atoms with E-state index in [0.29, 0.717) is 19.4 Å². The number of nitrogens with one attached hydrogen (secondary N) is 2. The molecule has 7 nitrogen and oxygen atoms in total. The van der Waals surface area contributed by atoms with Gasteiger partial charge >= 0.3 is 12.0 Å². The second-order valence-electron chi connectivity index (χ2n) is 5.16. The Balaban J connectivity index is 1.70. The Morgan fingerprint density at radius 2 is 2.10 bits per heavy atom. The van der Waals surface area contributed by atoms with Crippen LogP contribution in [-0.2, 0) is 18.4 Å². The summed E-state index contributed by atoms with van der Waals surface area (Å²) < 4.78 is 1.71. The first-order valence-electron chi connectivity index (χ1n) is 6.80. The van der Waals surface area contributed by atoms with Crippen molar-refractivity contribution in [1.29, 1.82) is 0 Å². The van der Waals surface area contributed by atoms with Crippen LogP contribution in [0.4, 0.5) is 4.79 Å². The van der Waals surface area contributed by atoms with Gasteiger partial charge in [-0.3, -0.25) is 9.48 Å². The molecular weight excluding hydrogens is 260 g/mol. The van der Waals surface area contributed by atoms with Gasteiger partial charge in [-0.15, -0.1) is 0 Å². The van der Waals surface area contributed by atoms with Crippen molar-refractivity contribution in [2.75, 3.05) is 0 Å². The molecule has 0 unspecified atom stereocenters. The number of amides is 2. The second-order valence-corrected chi connectivity index (χ2v) is 5.16.